The molecule has 0 aliphatic carbocycles. The zero-order valence-corrected chi connectivity index (χ0v) is 13.6. The molecule has 4 heterocycles. The van der Waals surface area contributed by atoms with Crippen molar-refractivity contribution in [3.05, 3.63) is 9.75 Å². The van der Waals surface area contributed by atoms with E-state index < -0.39 is 0 Å². The molecule has 0 spiro atoms. The first-order chi connectivity index (χ1) is 10.3. The molecule has 4 nitrogen and oxygen atoms in total. The van der Waals surface area contributed by atoms with Gasteiger partial charge in [0.1, 0.15) is 13.2 Å². The van der Waals surface area contributed by atoms with Crippen molar-refractivity contribution in [3.8, 4) is 32.8 Å². The maximum absolute atomic E-state index is 5.95. The first-order valence-corrected chi connectivity index (χ1v) is 8.67. The summed E-state index contributed by atoms with van der Waals surface area (Å²) in [5, 5.41) is 0. The van der Waals surface area contributed by atoms with Gasteiger partial charge in [-0.1, -0.05) is 0 Å². The molecule has 112 valence electrons. The molecule has 0 saturated heterocycles. The maximum atomic E-state index is 5.95. The predicted molar refractivity (Wildman–Crippen MR) is 83.7 cm³/mol. The minimum absolute atomic E-state index is 0.597. The van der Waals surface area contributed by atoms with Crippen LogP contribution in [0.15, 0.2) is 0 Å². The zero-order valence-electron chi connectivity index (χ0n) is 12.0. The van der Waals surface area contributed by atoms with E-state index in [9.17, 15) is 0 Å². The van der Waals surface area contributed by atoms with Gasteiger partial charge < -0.3 is 18.9 Å². The summed E-state index contributed by atoms with van der Waals surface area (Å²) in [7, 11) is 0. The van der Waals surface area contributed by atoms with Crippen molar-refractivity contribution in [2.45, 2.75) is 20.3 Å². The second-order valence-corrected chi connectivity index (χ2v) is 7.49. The first-order valence-electron chi connectivity index (χ1n) is 7.04. The van der Waals surface area contributed by atoms with Crippen molar-refractivity contribution in [2.24, 2.45) is 0 Å². The minimum Gasteiger partial charge on any atom is -0.488 e. The summed E-state index contributed by atoms with van der Waals surface area (Å²) in [6.07, 6.45) is 0.916. The van der Waals surface area contributed by atoms with E-state index in [0.717, 1.165) is 48.9 Å². The highest BCUT2D eigenvalue weighted by molar-refractivity contribution is 7.23. The first kappa shape index (κ1) is 13.3. The number of rotatable bonds is 1. The Hall–Kier alpha value is -1.40. The quantitative estimate of drug-likeness (QED) is 0.794. The third-order valence-electron chi connectivity index (χ3n) is 3.54. The molecule has 0 radical (unpaired) electrons. The van der Waals surface area contributed by atoms with Gasteiger partial charge in [-0.25, -0.2) is 0 Å². The molecule has 0 amide bonds. The van der Waals surface area contributed by atoms with E-state index in [4.69, 9.17) is 18.9 Å². The summed E-state index contributed by atoms with van der Waals surface area (Å²) < 4.78 is 23.4. The Kier molecular flexibility index (Phi) is 3.23. The van der Waals surface area contributed by atoms with Gasteiger partial charge in [0, 0.05) is 16.2 Å². The molecule has 2 aromatic rings. The SMILES string of the molecule is Cc1sc(-c2sc(C)c3c2OCCO3)c2c1OCCCO2. The lowest BCUT2D eigenvalue weighted by atomic mass is 10.2. The summed E-state index contributed by atoms with van der Waals surface area (Å²) in [5.74, 6) is 3.51. The van der Waals surface area contributed by atoms with E-state index in [2.05, 4.69) is 13.8 Å². The Morgan fingerprint density at radius 2 is 1.05 bits per heavy atom. The molecule has 6 heteroatoms. The van der Waals surface area contributed by atoms with Crippen LogP contribution in [0.3, 0.4) is 0 Å². The standard InChI is InChI=1S/C15H16O4S2/c1-8-10-12(17-5-3-4-16-10)14(20-8)15-13-11(9(2)21-15)18-6-7-19-13/h3-7H2,1-2H3. The molecule has 0 unspecified atom stereocenters. The molecule has 0 saturated carbocycles. The Morgan fingerprint density at radius 1 is 0.619 bits per heavy atom. The van der Waals surface area contributed by atoms with Gasteiger partial charge in [-0.2, -0.15) is 0 Å². The van der Waals surface area contributed by atoms with Gasteiger partial charge in [0.05, 0.1) is 23.0 Å². The van der Waals surface area contributed by atoms with Gasteiger partial charge >= 0.3 is 0 Å². The minimum atomic E-state index is 0.597. The Balaban J connectivity index is 1.88. The molecule has 2 aliphatic heterocycles. The van der Waals surface area contributed by atoms with Crippen molar-refractivity contribution in [3.63, 3.8) is 0 Å². The van der Waals surface area contributed by atoms with Crippen LogP contribution in [0.1, 0.15) is 16.2 Å². The number of thiophene rings is 2. The van der Waals surface area contributed by atoms with Gasteiger partial charge in [0.15, 0.2) is 23.0 Å². The van der Waals surface area contributed by atoms with Gasteiger partial charge in [-0.15, -0.1) is 22.7 Å². The average molecular weight is 324 g/mol. The fraction of sp³-hybridized carbons (Fsp3) is 0.467. The molecular weight excluding hydrogens is 308 g/mol. The Labute approximate surface area is 131 Å². The number of aryl methyl sites for hydroxylation is 2. The highest BCUT2D eigenvalue weighted by atomic mass is 32.1. The largest absolute Gasteiger partial charge is 0.488 e. The number of fused-ring (bicyclic) bond motifs is 2. The third-order valence-corrected chi connectivity index (χ3v) is 5.84. The second-order valence-electron chi connectivity index (χ2n) is 5.04. The lowest BCUT2D eigenvalue weighted by molar-refractivity contribution is 0.173. The van der Waals surface area contributed by atoms with Crippen LogP contribution in [-0.2, 0) is 0 Å². The molecule has 4 rings (SSSR count). The van der Waals surface area contributed by atoms with Crippen molar-refractivity contribution in [2.75, 3.05) is 26.4 Å². The summed E-state index contributed by atoms with van der Waals surface area (Å²) in [6, 6.07) is 0. The summed E-state index contributed by atoms with van der Waals surface area (Å²) in [6.45, 7) is 6.76. The van der Waals surface area contributed by atoms with E-state index in [-0.39, 0.29) is 0 Å². The normalized spacial score (nSPS) is 16.7. The molecule has 0 aromatic carbocycles. The summed E-state index contributed by atoms with van der Waals surface area (Å²) in [5.41, 5.74) is 0. The maximum Gasteiger partial charge on any atom is 0.181 e. The van der Waals surface area contributed by atoms with E-state index in [1.54, 1.807) is 22.7 Å². The molecule has 0 atom stereocenters. The van der Waals surface area contributed by atoms with E-state index in [0.29, 0.717) is 26.4 Å². The van der Waals surface area contributed by atoms with Crippen molar-refractivity contribution in [1.82, 2.24) is 0 Å². The van der Waals surface area contributed by atoms with Gasteiger partial charge in [-0.05, 0) is 13.8 Å². The molecule has 21 heavy (non-hydrogen) atoms. The van der Waals surface area contributed by atoms with Crippen LogP contribution >= 0.6 is 22.7 Å². The number of ether oxygens (including phenoxy) is 4. The average Bonchev–Trinajstić information content (AvgIpc) is 2.86. The fourth-order valence-corrected chi connectivity index (χ4v) is 4.82. The molecule has 0 bridgehead atoms. The molecular formula is C15H16O4S2. The fourth-order valence-electron chi connectivity index (χ4n) is 2.61. The lowest BCUT2D eigenvalue weighted by Crippen LogP contribution is -2.14. The third kappa shape index (κ3) is 2.08. The monoisotopic (exact) mass is 324 g/mol. The summed E-state index contributed by atoms with van der Waals surface area (Å²) >= 11 is 3.40. The van der Waals surface area contributed by atoms with Crippen LogP contribution in [0.4, 0.5) is 0 Å². The Bertz CT molecular complexity index is 686. The highest BCUT2D eigenvalue weighted by Crippen LogP contribution is 2.56. The van der Waals surface area contributed by atoms with Crippen molar-refractivity contribution >= 4 is 22.7 Å². The van der Waals surface area contributed by atoms with E-state index in [1.807, 2.05) is 0 Å². The number of hydrogen-bond acceptors (Lipinski definition) is 6. The van der Waals surface area contributed by atoms with Gasteiger partial charge in [-0.3, -0.25) is 0 Å². The number of hydrogen-bond donors (Lipinski definition) is 0. The van der Waals surface area contributed by atoms with E-state index >= 15 is 0 Å². The molecule has 0 fully saturated rings. The molecule has 0 N–H and O–H groups in total. The van der Waals surface area contributed by atoms with Crippen LogP contribution in [-0.4, -0.2) is 26.4 Å². The van der Waals surface area contributed by atoms with Crippen LogP contribution in [0.5, 0.6) is 23.0 Å². The smallest absolute Gasteiger partial charge is 0.181 e. The van der Waals surface area contributed by atoms with Crippen LogP contribution in [0.25, 0.3) is 9.75 Å². The van der Waals surface area contributed by atoms with Crippen LogP contribution in [0.2, 0.25) is 0 Å². The van der Waals surface area contributed by atoms with E-state index in [1.165, 1.54) is 0 Å². The van der Waals surface area contributed by atoms with Crippen LogP contribution in [0, 0.1) is 13.8 Å². The van der Waals surface area contributed by atoms with Gasteiger partial charge in [0.2, 0.25) is 0 Å². The predicted octanol–water partition coefficient (Wildman–Crippen LogP) is 4.03. The molecule has 2 aromatic heterocycles. The topological polar surface area (TPSA) is 36.9 Å². The zero-order chi connectivity index (χ0) is 14.4. The van der Waals surface area contributed by atoms with Gasteiger partial charge in [0.25, 0.3) is 0 Å². The van der Waals surface area contributed by atoms with Crippen molar-refractivity contribution in [1.29, 1.82) is 0 Å². The van der Waals surface area contributed by atoms with Crippen LogP contribution < -0.4 is 18.9 Å². The second kappa shape index (κ2) is 5.10. The molecule has 2 aliphatic rings. The van der Waals surface area contributed by atoms with Crippen molar-refractivity contribution < 1.29 is 18.9 Å². The highest BCUT2D eigenvalue weighted by Gasteiger charge is 2.29. The lowest BCUT2D eigenvalue weighted by Gasteiger charge is -2.16. The Morgan fingerprint density at radius 3 is 1.62 bits per heavy atom. The summed E-state index contributed by atoms with van der Waals surface area (Å²) in [4.78, 5) is 4.50.